The fourth-order valence-corrected chi connectivity index (χ4v) is 1.70. The molecule has 0 aromatic carbocycles. The zero-order chi connectivity index (χ0) is 14.5. The molecule has 6 nitrogen and oxygen atoms in total. The predicted molar refractivity (Wildman–Crippen MR) is 68.8 cm³/mol. The Bertz CT molecular complexity index is 323. The second kappa shape index (κ2) is 6.75. The minimum absolute atomic E-state index is 0.174. The van der Waals surface area contributed by atoms with Crippen molar-refractivity contribution in [1.82, 2.24) is 4.90 Å². The van der Waals surface area contributed by atoms with Gasteiger partial charge in [0.15, 0.2) is 6.10 Å². The Balaban J connectivity index is 2.63. The Morgan fingerprint density at radius 1 is 1.37 bits per heavy atom. The fraction of sp³-hybridized carbons (Fsp3) is 0.846. The van der Waals surface area contributed by atoms with Gasteiger partial charge in [0.2, 0.25) is 0 Å². The molecule has 0 saturated carbocycles. The first-order valence-electron chi connectivity index (χ1n) is 6.59. The number of nitrogens with zero attached hydrogens (tertiary/aromatic N) is 1. The van der Waals surface area contributed by atoms with E-state index in [-0.39, 0.29) is 6.54 Å². The van der Waals surface area contributed by atoms with Crippen LogP contribution >= 0.6 is 0 Å². The minimum Gasteiger partial charge on any atom is -0.464 e. The zero-order valence-electron chi connectivity index (χ0n) is 12.1. The largest absolute Gasteiger partial charge is 0.464 e. The van der Waals surface area contributed by atoms with Crippen LogP contribution in [-0.2, 0) is 19.0 Å². The van der Waals surface area contributed by atoms with Crippen molar-refractivity contribution in [2.75, 3.05) is 26.3 Å². The number of amides is 1. The SMILES string of the molecule is CCOC(=O)C1CN(C(=O)OC(C)(C)C)CCCO1. The molecule has 1 fully saturated rings. The van der Waals surface area contributed by atoms with E-state index in [0.29, 0.717) is 26.2 Å². The maximum atomic E-state index is 12.0. The molecule has 0 bridgehead atoms. The van der Waals surface area contributed by atoms with Gasteiger partial charge >= 0.3 is 12.1 Å². The molecule has 110 valence electrons. The van der Waals surface area contributed by atoms with Gasteiger partial charge in [-0.15, -0.1) is 0 Å². The summed E-state index contributed by atoms with van der Waals surface area (Å²) in [4.78, 5) is 25.2. The van der Waals surface area contributed by atoms with Gasteiger partial charge in [0.05, 0.1) is 13.2 Å². The molecule has 1 atom stereocenters. The number of rotatable bonds is 2. The lowest BCUT2D eigenvalue weighted by molar-refractivity contribution is -0.156. The Labute approximate surface area is 114 Å². The monoisotopic (exact) mass is 273 g/mol. The summed E-state index contributed by atoms with van der Waals surface area (Å²) in [5.41, 5.74) is -0.552. The average Bonchev–Trinajstić information content (AvgIpc) is 2.52. The summed E-state index contributed by atoms with van der Waals surface area (Å²) < 4.78 is 15.6. The van der Waals surface area contributed by atoms with E-state index in [1.165, 1.54) is 4.90 Å². The standard InChI is InChI=1S/C13H23NO5/c1-5-17-11(15)10-9-14(7-6-8-18-10)12(16)19-13(2,3)4/h10H,5-9H2,1-4H3. The fourth-order valence-electron chi connectivity index (χ4n) is 1.70. The first kappa shape index (κ1) is 15.8. The highest BCUT2D eigenvalue weighted by molar-refractivity contribution is 5.76. The molecule has 1 heterocycles. The summed E-state index contributed by atoms with van der Waals surface area (Å²) in [5, 5.41) is 0. The Kier molecular flexibility index (Phi) is 5.60. The van der Waals surface area contributed by atoms with Crippen molar-refractivity contribution in [3.63, 3.8) is 0 Å². The molecule has 1 rings (SSSR count). The van der Waals surface area contributed by atoms with Crippen LogP contribution in [0.15, 0.2) is 0 Å². The maximum absolute atomic E-state index is 12.0. The third kappa shape index (κ3) is 5.46. The lowest BCUT2D eigenvalue weighted by Crippen LogP contribution is -2.43. The summed E-state index contributed by atoms with van der Waals surface area (Å²) in [7, 11) is 0. The van der Waals surface area contributed by atoms with Gasteiger partial charge in [-0.25, -0.2) is 9.59 Å². The molecular formula is C13H23NO5. The molecule has 1 aliphatic rings. The lowest BCUT2D eigenvalue weighted by atomic mass is 10.2. The van der Waals surface area contributed by atoms with Gasteiger partial charge in [0, 0.05) is 13.2 Å². The van der Waals surface area contributed by atoms with Gasteiger partial charge in [-0.3, -0.25) is 0 Å². The first-order chi connectivity index (χ1) is 8.83. The third-order valence-corrected chi connectivity index (χ3v) is 2.48. The normalized spacial score (nSPS) is 20.6. The summed E-state index contributed by atoms with van der Waals surface area (Å²) >= 11 is 0. The molecule has 19 heavy (non-hydrogen) atoms. The molecule has 1 unspecified atom stereocenters. The van der Waals surface area contributed by atoms with Crippen LogP contribution < -0.4 is 0 Å². The topological polar surface area (TPSA) is 65.1 Å². The van der Waals surface area contributed by atoms with E-state index in [1.54, 1.807) is 6.92 Å². The van der Waals surface area contributed by atoms with Gasteiger partial charge in [-0.1, -0.05) is 0 Å². The van der Waals surface area contributed by atoms with E-state index in [2.05, 4.69) is 0 Å². The molecule has 1 saturated heterocycles. The van der Waals surface area contributed by atoms with E-state index in [0.717, 1.165) is 0 Å². The highest BCUT2D eigenvalue weighted by Crippen LogP contribution is 2.13. The van der Waals surface area contributed by atoms with Crippen LogP contribution in [0.25, 0.3) is 0 Å². The summed E-state index contributed by atoms with van der Waals surface area (Å²) in [6.45, 7) is 8.58. The predicted octanol–water partition coefficient (Wildman–Crippen LogP) is 1.58. The lowest BCUT2D eigenvalue weighted by Gasteiger charge is -2.27. The molecule has 0 radical (unpaired) electrons. The summed E-state index contributed by atoms with van der Waals surface area (Å²) in [6.07, 6.45) is -0.475. The molecule has 1 amide bonds. The van der Waals surface area contributed by atoms with Crippen molar-refractivity contribution in [2.24, 2.45) is 0 Å². The highest BCUT2D eigenvalue weighted by Gasteiger charge is 2.30. The van der Waals surface area contributed by atoms with E-state index >= 15 is 0 Å². The molecule has 0 aliphatic carbocycles. The average molecular weight is 273 g/mol. The third-order valence-electron chi connectivity index (χ3n) is 2.48. The van der Waals surface area contributed by atoms with Gasteiger partial charge < -0.3 is 19.1 Å². The summed E-state index contributed by atoms with van der Waals surface area (Å²) in [6, 6.07) is 0. The van der Waals surface area contributed by atoms with Gasteiger partial charge in [0.25, 0.3) is 0 Å². The number of carbonyl (C=O) groups excluding carboxylic acids is 2. The molecular weight excluding hydrogens is 250 g/mol. The zero-order valence-corrected chi connectivity index (χ0v) is 12.1. The van der Waals surface area contributed by atoms with Gasteiger partial charge in [-0.2, -0.15) is 0 Å². The number of ether oxygens (including phenoxy) is 3. The number of hydrogen-bond acceptors (Lipinski definition) is 5. The van der Waals surface area contributed by atoms with Crippen LogP contribution in [0.3, 0.4) is 0 Å². The van der Waals surface area contributed by atoms with Crippen LogP contribution in [0.2, 0.25) is 0 Å². The minimum atomic E-state index is -0.727. The molecule has 0 aromatic rings. The van der Waals surface area contributed by atoms with E-state index in [9.17, 15) is 9.59 Å². The van der Waals surface area contributed by atoms with Crippen molar-refractivity contribution in [3.8, 4) is 0 Å². The molecule has 6 heteroatoms. The molecule has 0 N–H and O–H groups in total. The van der Waals surface area contributed by atoms with Crippen LogP contribution in [0.4, 0.5) is 4.79 Å². The van der Waals surface area contributed by atoms with Crippen LogP contribution in [0.1, 0.15) is 34.1 Å². The van der Waals surface area contributed by atoms with Gasteiger partial charge in [0.1, 0.15) is 5.60 Å². The van der Waals surface area contributed by atoms with Crippen LogP contribution in [-0.4, -0.2) is 55.0 Å². The van der Waals surface area contributed by atoms with Crippen molar-refractivity contribution in [2.45, 2.75) is 45.8 Å². The summed E-state index contributed by atoms with van der Waals surface area (Å²) in [5.74, 6) is -0.432. The van der Waals surface area contributed by atoms with Gasteiger partial charge in [-0.05, 0) is 34.1 Å². The van der Waals surface area contributed by atoms with Crippen molar-refractivity contribution in [1.29, 1.82) is 0 Å². The Morgan fingerprint density at radius 3 is 2.63 bits per heavy atom. The Morgan fingerprint density at radius 2 is 2.05 bits per heavy atom. The van der Waals surface area contributed by atoms with Crippen molar-refractivity contribution in [3.05, 3.63) is 0 Å². The number of carbonyl (C=O) groups is 2. The van der Waals surface area contributed by atoms with Crippen molar-refractivity contribution >= 4 is 12.1 Å². The smallest absolute Gasteiger partial charge is 0.410 e. The van der Waals surface area contributed by atoms with Crippen LogP contribution in [0.5, 0.6) is 0 Å². The van der Waals surface area contributed by atoms with E-state index < -0.39 is 23.8 Å². The van der Waals surface area contributed by atoms with E-state index in [1.807, 2.05) is 20.8 Å². The molecule has 1 aliphatic heterocycles. The van der Waals surface area contributed by atoms with Crippen LogP contribution in [0, 0.1) is 0 Å². The van der Waals surface area contributed by atoms with Crippen molar-refractivity contribution < 1.29 is 23.8 Å². The second-order valence-corrected chi connectivity index (χ2v) is 5.39. The Hall–Kier alpha value is -1.30. The first-order valence-corrected chi connectivity index (χ1v) is 6.59. The number of esters is 1. The molecule has 0 aromatic heterocycles. The maximum Gasteiger partial charge on any atom is 0.410 e. The second-order valence-electron chi connectivity index (χ2n) is 5.39. The molecule has 0 spiro atoms. The van der Waals surface area contributed by atoms with E-state index in [4.69, 9.17) is 14.2 Å². The number of hydrogen-bond donors (Lipinski definition) is 0. The quantitative estimate of drug-likeness (QED) is 0.715. The highest BCUT2D eigenvalue weighted by atomic mass is 16.6.